The Labute approximate surface area is 145 Å². The van der Waals surface area contributed by atoms with Crippen LogP contribution in [0.4, 0.5) is 4.39 Å². The van der Waals surface area contributed by atoms with E-state index in [1.807, 2.05) is 4.90 Å². The maximum absolute atomic E-state index is 14.7. The van der Waals surface area contributed by atoms with Gasteiger partial charge in [0.2, 0.25) is 5.91 Å². The van der Waals surface area contributed by atoms with Crippen LogP contribution in [0.2, 0.25) is 0 Å². The fourth-order valence-electron chi connectivity index (χ4n) is 4.72. The normalized spacial score (nSPS) is 37.7. The van der Waals surface area contributed by atoms with Gasteiger partial charge in [0.05, 0.1) is 6.04 Å². The lowest BCUT2D eigenvalue weighted by molar-refractivity contribution is -0.131. The molecule has 3 fully saturated rings. The number of piperidine rings is 1. The highest BCUT2D eigenvalue weighted by atomic mass is 19.1. The number of piperazine rings is 1. The number of hydrogen-bond acceptors (Lipinski definition) is 4. The second-order valence-corrected chi connectivity index (χ2v) is 7.72. The molecule has 3 aliphatic heterocycles. The first-order valence-electron chi connectivity index (χ1n) is 9.78. The highest BCUT2D eigenvalue weighted by Crippen LogP contribution is 2.28. The third-order valence-corrected chi connectivity index (χ3v) is 6.12. The molecule has 0 aromatic rings. The van der Waals surface area contributed by atoms with Gasteiger partial charge in [-0.25, -0.2) is 4.39 Å². The minimum atomic E-state index is -0.921. The number of amides is 1. The van der Waals surface area contributed by atoms with Crippen molar-refractivity contribution in [3.8, 4) is 0 Å². The SMILES string of the molecule is CCCCCCC1NCC(F)C(N2CCN3C(=O)CCC3C2)C1N. The molecule has 0 aliphatic carbocycles. The van der Waals surface area contributed by atoms with Gasteiger partial charge in [-0.15, -0.1) is 0 Å². The summed E-state index contributed by atoms with van der Waals surface area (Å²) in [5.41, 5.74) is 6.50. The Kier molecular flexibility index (Phi) is 6.11. The number of rotatable bonds is 6. The maximum Gasteiger partial charge on any atom is 0.222 e. The van der Waals surface area contributed by atoms with Crippen molar-refractivity contribution in [2.24, 2.45) is 5.73 Å². The summed E-state index contributed by atoms with van der Waals surface area (Å²) >= 11 is 0. The van der Waals surface area contributed by atoms with E-state index in [0.29, 0.717) is 13.0 Å². The van der Waals surface area contributed by atoms with Gasteiger partial charge in [0.15, 0.2) is 0 Å². The van der Waals surface area contributed by atoms with Crippen molar-refractivity contribution in [1.29, 1.82) is 0 Å². The van der Waals surface area contributed by atoms with Crippen LogP contribution in [-0.4, -0.2) is 72.2 Å². The van der Waals surface area contributed by atoms with E-state index < -0.39 is 6.17 Å². The third kappa shape index (κ3) is 3.75. The zero-order chi connectivity index (χ0) is 17.1. The van der Waals surface area contributed by atoms with Gasteiger partial charge >= 0.3 is 0 Å². The van der Waals surface area contributed by atoms with Gasteiger partial charge in [-0.1, -0.05) is 32.6 Å². The van der Waals surface area contributed by atoms with Gasteiger partial charge in [0.25, 0.3) is 0 Å². The van der Waals surface area contributed by atoms with Crippen LogP contribution in [0, 0.1) is 0 Å². The predicted octanol–water partition coefficient (Wildman–Crippen LogP) is 1.27. The third-order valence-electron chi connectivity index (χ3n) is 6.12. The number of unbranched alkanes of at least 4 members (excludes halogenated alkanes) is 3. The summed E-state index contributed by atoms with van der Waals surface area (Å²) in [6, 6.07) is 0.102. The van der Waals surface area contributed by atoms with Crippen molar-refractivity contribution in [2.75, 3.05) is 26.2 Å². The standard InChI is InChI=1S/C18H33FN4O/c1-2-3-4-5-6-15-17(20)18(14(19)11-21-15)22-9-10-23-13(12-22)7-8-16(23)24/h13-15,17-18,21H,2-12,20H2,1H3. The van der Waals surface area contributed by atoms with Gasteiger partial charge in [-0.2, -0.15) is 0 Å². The van der Waals surface area contributed by atoms with Gasteiger partial charge in [-0.3, -0.25) is 9.69 Å². The molecule has 3 heterocycles. The summed E-state index contributed by atoms with van der Waals surface area (Å²) in [4.78, 5) is 16.1. The van der Waals surface area contributed by atoms with Crippen molar-refractivity contribution < 1.29 is 9.18 Å². The first-order chi connectivity index (χ1) is 11.6. The van der Waals surface area contributed by atoms with Crippen molar-refractivity contribution in [1.82, 2.24) is 15.1 Å². The average molecular weight is 340 g/mol. The lowest BCUT2D eigenvalue weighted by Gasteiger charge is -2.48. The van der Waals surface area contributed by atoms with Crippen LogP contribution in [0.1, 0.15) is 51.9 Å². The van der Waals surface area contributed by atoms with E-state index in [1.54, 1.807) is 0 Å². The number of fused-ring (bicyclic) bond motifs is 1. The number of hydrogen-bond donors (Lipinski definition) is 2. The van der Waals surface area contributed by atoms with E-state index in [-0.39, 0.29) is 30.1 Å². The molecule has 0 aromatic carbocycles. The Morgan fingerprint density at radius 1 is 1.29 bits per heavy atom. The predicted molar refractivity (Wildman–Crippen MR) is 93.5 cm³/mol. The Balaban J connectivity index is 1.57. The van der Waals surface area contributed by atoms with Gasteiger partial charge in [0.1, 0.15) is 6.17 Å². The molecule has 0 aromatic heterocycles. The second kappa shape index (κ2) is 8.11. The number of alkyl halides is 1. The highest BCUT2D eigenvalue weighted by molar-refractivity contribution is 5.78. The van der Waals surface area contributed by atoms with E-state index in [9.17, 15) is 9.18 Å². The average Bonchev–Trinajstić information content (AvgIpc) is 2.94. The summed E-state index contributed by atoms with van der Waals surface area (Å²) in [5.74, 6) is 0.264. The van der Waals surface area contributed by atoms with Crippen LogP contribution < -0.4 is 11.1 Å². The topological polar surface area (TPSA) is 61.6 Å². The largest absolute Gasteiger partial charge is 0.337 e. The van der Waals surface area contributed by atoms with E-state index >= 15 is 0 Å². The number of nitrogens with two attached hydrogens (primary N) is 1. The Hall–Kier alpha value is -0.720. The molecule has 0 bridgehead atoms. The fraction of sp³-hybridized carbons (Fsp3) is 0.944. The molecule has 5 unspecified atom stereocenters. The minimum absolute atomic E-state index is 0.168. The smallest absolute Gasteiger partial charge is 0.222 e. The molecule has 6 heteroatoms. The number of halogens is 1. The molecule has 1 amide bonds. The Bertz CT molecular complexity index is 435. The summed E-state index contributed by atoms with van der Waals surface area (Å²) < 4.78 is 14.7. The maximum atomic E-state index is 14.7. The summed E-state index contributed by atoms with van der Waals surface area (Å²) in [6.07, 6.45) is 6.55. The van der Waals surface area contributed by atoms with E-state index in [1.165, 1.54) is 19.3 Å². The van der Waals surface area contributed by atoms with Gasteiger partial charge < -0.3 is 16.0 Å². The molecule has 0 radical (unpaired) electrons. The molecule has 5 atom stereocenters. The van der Waals surface area contributed by atoms with Gasteiger partial charge in [-0.05, 0) is 12.8 Å². The van der Waals surface area contributed by atoms with Crippen LogP contribution in [0.25, 0.3) is 0 Å². The van der Waals surface area contributed by atoms with E-state index in [2.05, 4.69) is 17.1 Å². The monoisotopic (exact) mass is 340 g/mol. The van der Waals surface area contributed by atoms with Crippen molar-refractivity contribution in [3.63, 3.8) is 0 Å². The minimum Gasteiger partial charge on any atom is -0.337 e. The molecule has 3 aliphatic rings. The molecular formula is C18H33FN4O. The van der Waals surface area contributed by atoms with E-state index in [4.69, 9.17) is 5.73 Å². The van der Waals surface area contributed by atoms with Crippen molar-refractivity contribution in [3.05, 3.63) is 0 Å². The molecule has 0 saturated carbocycles. The highest BCUT2D eigenvalue weighted by Gasteiger charge is 2.44. The van der Waals surface area contributed by atoms with Crippen LogP contribution in [0.15, 0.2) is 0 Å². The van der Waals surface area contributed by atoms with Crippen LogP contribution in [-0.2, 0) is 4.79 Å². The molecule has 3 rings (SSSR count). The quantitative estimate of drug-likeness (QED) is 0.715. The molecular weight excluding hydrogens is 307 g/mol. The zero-order valence-electron chi connectivity index (χ0n) is 14.9. The molecule has 3 N–H and O–H groups in total. The van der Waals surface area contributed by atoms with Crippen LogP contribution in [0.3, 0.4) is 0 Å². The molecule has 0 spiro atoms. The first kappa shape index (κ1) is 18.1. The number of nitrogens with zero attached hydrogens (tertiary/aromatic N) is 2. The summed E-state index contributed by atoms with van der Waals surface area (Å²) in [7, 11) is 0. The lowest BCUT2D eigenvalue weighted by atomic mass is 9.87. The van der Waals surface area contributed by atoms with Gasteiger partial charge in [0, 0.05) is 50.7 Å². The molecule has 3 saturated heterocycles. The molecule has 24 heavy (non-hydrogen) atoms. The van der Waals surface area contributed by atoms with E-state index in [0.717, 1.165) is 38.9 Å². The molecule has 5 nitrogen and oxygen atoms in total. The number of carbonyl (C=O) groups excluding carboxylic acids is 1. The fourth-order valence-corrected chi connectivity index (χ4v) is 4.72. The Morgan fingerprint density at radius 2 is 2.12 bits per heavy atom. The number of nitrogens with one attached hydrogen (secondary N) is 1. The number of carbonyl (C=O) groups is 1. The Morgan fingerprint density at radius 3 is 2.92 bits per heavy atom. The van der Waals surface area contributed by atoms with Crippen LogP contribution >= 0.6 is 0 Å². The first-order valence-corrected chi connectivity index (χ1v) is 9.78. The second-order valence-electron chi connectivity index (χ2n) is 7.72. The van der Waals surface area contributed by atoms with Crippen molar-refractivity contribution >= 4 is 5.91 Å². The van der Waals surface area contributed by atoms with Crippen molar-refractivity contribution in [2.45, 2.75) is 82.2 Å². The summed E-state index contributed by atoms with van der Waals surface area (Å²) in [5, 5.41) is 3.33. The zero-order valence-corrected chi connectivity index (χ0v) is 14.9. The van der Waals surface area contributed by atoms with Crippen LogP contribution in [0.5, 0.6) is 0 Å². The lowest BCUT2D eigenvalue weighted by Crippen LogP contribution is -2.69. The summed E-state index contributed by atoms with van der Waals surface area (Å²) in [6.45, 7) is 4.88. The molecule has 138 valence electrons.